The van der Waals surface area contributed by atoms with E-state index in [9.17, 15) is 48.6 Å². The third-order valence-electron chi connectivity index (χ3n) is 18.3. The molecule has 0 aromatic heterocycles. The summed E-state index contributed by atoms with van der Waals surface area (Å²) in [4.78, 5) is 97.1. The first kappa shape index (κ1) is 95.0. The highest BCUT2D eigenvalue weighted by Gasteiger charge is 2.21. The fourth-order valence-electron chi connectivity index (χ4n) is 11.4. The van der Waals surface area contributed by atoms with E-state index in [-0.39, 0.29) is 51.2 Å². The molecule has 21 heteroatoms. The Hall–Kier alpha value is -15.9. The first-order chi connectivity index (χ1) is 61.8. The molecule has 0 fully saturated rings. The van der Waals surface area contributed by atoms with Crippen molar-refractivity contribution in [1.82, 2.24) is 0 Å². The number of carbonyl (C=O) groups excluding carboxylic acids is 8. The van der Waals surface area contributed by atoms with E-state index in [1.165, 1.54) is 36.4 Å². The van der Waals surface area contributed by atoms with Crippen molar-refractivity contribution in [3.05, 3.63) is 377 Å². The zero-order valence-electron chi connectivity index (χ0n) is 69.8. The van der Waals surface area contributed by atoms with Crippen LogP contribution >= 0.6 is 11.6 Å². The number of aromatic hydroxyl groups is 2. The summed E-state index contributed by atoms with van der Waals surface area (Å²) in [6, 6.07) is 76.6. The Morgan fingerprint density at radius 2 is 0.606 bits per heavy atom. The van der Waals surface area contributed by atoms with Gasteiger partial charge >= 0.3 is 29.8 Å². The summed E-state index contributed by atoms with van der Waals surface area (Å²) in [5.41, 5.74) is 8.72. The second-order valence-electron chi connectivity index (χ2n) is 27.8. The average Bonchev–Trinajstić information content (AvgIpc) is 0.816. The number of ether oxygens (including phenoxy) is 8. The number of anilines is 2. The maximum atomic E-state index is 14.0. The van der Waals surface area contributed by atoms with Gasteiger partial charge in [0.15, 0.2) is 0 Å². The maximum Gasteiger partial charge on any atom is 0.343 e. The summed E-state index contributed by atoms with van der Waals surface area (Å²) < 4.78 is 43.6. The normalized spacial score (nSPS) is 10.0. The Kier molecular flexibility index (Phi) is 39.7. The number of unbranched alkanes of at least 4 members (excludes halogenated alkanes) is 9. The van der Waals surface area contributed by atoms with E-state index in [0.29, 0.717) is 73.6 Å². The lowest BCUT2D eigenvalue weighted by Gasteiger charge is -2.13. The van der Waals surface area contributed by atoms with Gasteiger partial charge in [0.25, 0.3) is 17.1 Å². The molecular formula is C106H93ClN2O18. The lowest BCUT2D eigenvalue weighted by Crippen LogP contribution is -2.17. The van der Waals surface area contributed by atoms with E-state index >= 15 is 0 Å². The Morgan fingerprint density at radius 1 is 0.307 bits per heavy atom. The molecule has 0 saturated heterocycles. The second-order valence-corrected chi connectivity index (χ2v) is 28.2. The van der Waals surface area contributed by atoms with Crippen molar-refractivity contribution in [3.8, 4) is 87.6 Å². The molecule has 20 nitrogen and oxygen atoms in total. The summed E-state index contributed by atoms with van der Waals surface area (Å²) in [5, 5.41) is 24.4. The lowest BCUT2D eigenvalue weighted by atomic mass is 10.1. The van der Waals surface area contributed by atoms with Crippen LogP contribution in [-0.4, -0.2) is 96.8 Å². The SMILES string of the molecule is C=CC(=O)OCCCCCCOc1ccc(C(=O)Cl)cc1.C=CC(=O)OCCCCCCOc1ccc(C(=O)Oc2ccc(OC(=O)c3ccc(OCCCCCCOC(=O)C=C)cc3)c(C(=O)Nc3ccc(C#Cc4ccc(C#Cc5ccccc5)cc4)cc3)c2)cc1.O=C(Nc1ccc(C#Cc2ccc(C#Cc3ccccc3)cc2)cc1)c1cc(O)ccc1O. The summed E-state index contributed by atoms with van der Waals surface area (Å²) in [7, 11) is 0. The molecule has 0 saturated carbocycles. The highest BCUT2D eigenvalue weighted by atomic mass is 35.5. The van der Waals surface area contributed by atoms with Crippen LogP contribution in [0.5, 0.6) is 40.2 Å². The number of phenolic OH excluding ortho intramolecular Hbond substituents is 2. The molecule has 11 rings (SSSR count). The van der Waals surface area contributed by atoms with Crippen LogP contribution in [0.4, 0.5) is 11.4 Å². The van der Waals surface area contributed by atoms with E-state index in [1.807, 2.05) is 109 Å². The molecule has 0 unspecified atom stereocenters. The smallest absolute Gasteiger partial charge is 0.343 e. The van der Waals surface area contributed by atoms with Crippen LogP contribution in [0.15, 0.2) is 305 Å². The van der Waals surface area contributed by atoms with Crippen molar-refractivity contribution in [3.63, 3.8) is 0 Å². The van der Waals surface area contributed by atoms with Gasteiger partial charge < -0.3 is 58.7 Å². The Bertz CT molecular complexity index is 5790. The zero-order chi connectivity index (χ0) is 90.0. The van der Waals surface area contributed by atoms with Gasteiger partial charge in [0.05, 0.1) is 61.9 Å². The quantitative estimate of drug-likeness (QED) is 0.00415. The van der Waals surface area contributed by atoms with Crippen molar-refractivity contribution < 1.29 is 86.5 Å². The molecule has 0 spiro atoms. The average molecular weight is 1720 g/mol. The molecule has 642 valence electrons. The van der Waals surface area contributed by atoms with E-state index in [1.54, 1.807) is 121 Å². The molecule has 127 heavy (non-hydrogen) atoms. The monoisotopic (exact) mass is 1720 g/mol. The second kappa shape index (κ2) is 53.1. The Morgan fingerprint density at radius 3 is 0.945 bits per heavy atom. The van der Waals surface area contributed by atoms with Gasteiger partial charge in [0, 0.05) is 79.7 Å². The van der Waals surface area contributed by atoms with Crippen LogP contribution in [0.2, 0.25) is 0 Å². The molecule has 0 aliphatic rings. The van der Waals surface area contributed by atoms with Crippen LogP contribution in [-0.2, 0) is 28.6 Å². The third-order valence-corrected chi connectivity index (χ3v) is 18.5. The number of benzene rings is 11. The number of carbonyl (C=O) groups is 8. The predicted octanol–water partition coefficient (Wildman–Crippen LogP) is 20.4. The van der Waals surface area contributed by atoms with E-state index < -0.39 is 40.9 Å². The molecule has 0 atom stereocenters. The molecular weight excluding hydrogens is 1620 g/mol. The number of halogens is 1. The van der Waals surface area contributed by atoms with Crippen molar-refractivity contribution in [2.75, 3.05) is 50.3 Å². The van der Waals surface area contributed by atoms with Crippen molar-refractivity contribution in [2.24, 2.45) is 0 Å². The zero-order valence-corrected chi connectivity index (χ0v) is 70.5. The van der Waals surface area contributed by atoms with Gasteiger partial charge in [-0.15, -0.1) is 0 Å². The van der Waals surface area contributed by atoms with Crippen LogP contribution < -0.4 is 34.3 Å². The number of amides is 2. The number of nitrogens with one attached hydrogen (secondary N) is 2. The standard InChI is InChI=1S/C61H55NO11.C29H19NO3.C16H19ClO4/c1-3-57(63)70-42-14-7-5-12-40-68-52-34-28-49(29-35-52)60(66)72-54-38-39-56(73-61(67)50-30-36-53(37-31-50)69-41-13-6-8-15-43-71-58(64)4-2)55(44-54)59(65)62-51-32-26-48(27-33-51)25-24-47-22-20-46(21-23-47)19-18-45-16-10-9-11-17-45;31-26-18-19-28(32)27(20-26)29(33)30-25-16-14-24(15-17-25)13-12-23-10-8-22(9-11-23)7-6-21-4-2-1-3-5-21;1-2-15(18)21-12-6-4-3-5-11-20-14-9-7-13(8-10-14)16(17)19/h3-4,9-11,16-17,20-23,26-39,44H,1-2,5-8,12-15,40-43H2,(H,62,65);1-5,8-11,14-20,31-32H,(H,30,33);2,7-10H,1,3-6,11-12H2. The Balaban J connectivity index is 0.000000273. The number of hydrogen-bond donors (Lipinski definition) is 4. The van der Waals surface area contributed by atoms with E-state index in [4.69, 9.17) is 49.5 Å². The van der Waals surface area contributed by atoms with E-state index in [2.05, 4.69) is 77.7 Å². The van der Waals surface area contributed by atoms with Crippen LogP contribution in [0.3, 0.4) is 0 Å². The maximum absolute atomic E-state index is 14.0. The molecule has 0 aliphatic carbocycles. The molecule has 0 radical (unpaired) electrons. The molecule has 0 aliphatic heterocycles. The van der Waals surface area contributed by atoms with Crippen molar-refractivity contribution in [2.45, 2.75) is 77.0 Å². The largest absolute Gasteiger partial charge is 0.508 e. The number of phenols is 2. The summed E-state index contributed by atoms with van der Waals surface area (Å²) in [5.74, 6) is 22.8. The molecule has 11 aromatic carbocycles. The minimum absolute atomic E-state index is 0.00391. The highest BCUT2D eigenvalue weighted by molar-refractivity contribution is 6.67. The molecule has 0 bridgehead atoms. The Labute approximate surface area is 744 Å². The minimum Gasteiger partial charge on any atom is -0.508 e. The molecule has 0 heterocycles. The van der Waals surface area contributed by atoms with Gasteiger partial charge in [-0.1, -0.05) is 103 Å². The van der Waals surface area contributed by atoms with Gasteiger partial charge in [-0.05, 0) is 319 Å². The van der Waals surface area contributed by atoms with Crippen LogP contribution in [0.1, 0.15) is 173 Å². The molecule has 2 amide bonds. The summed E-state index contributed by atoms with van der Waals surface area (Å²) in [6.45, 7) is 12.8. The van der Waals surface area contributed by atoms with Crippen LogP contribution in [0, 0.1) is 47.4 Å². The third kappa shape index (κ3) is 35.2. The summed E-state index contributed by atoms with van der Waals surface area (Å²) in [6.07, 6.45) is 13.8. The van der Waals surface area contributed by atoms with Crippen LogP contribution in [0.25, 0.3) is 0 Å². The van der Waals surface area contributed by atoms with Gasteiger partial charge in [0.2, 0.25) is 0 Å². The number of rotatable bonds is 36. The predicted molar refractivity (Wildman–Crippen MR) is 489 cm³/mol. The topological polar surface area (TPSA) is 275 Å². The highest BCUT2D eigenvalue weighted by Crippen LogP contribution is 2.30. The van der Waals surface area contributed by atoms with Crippen molar-refractivity contribution in [1.29, 1.82) is 0 Å². The first-order valence-corrected chi connectivity index (χ1v) is 41.3. The molecule has 11 aromatic rings. The number of esters is 5. The van der Waals surface area contributed by atoms with Crippen molar-refractivity contribution >= 4 is 69.9 Å². The van der Waals surface area contributed by atoms with E-state index in [0.717, 1.165) is 140 Å². The van der Waals surface area contributed by atoms with Gasteiger partial charge in [-0.3, -0.25) is 14.4 Å². The minimum atomic E-state index is -0.728. The summed E-state index contributed by atoms with van der Waals surface area (Å²) >= 11 is 5.36. The van der Waals surface area contributed by atoms with Gasteiger partial charge in [0.1, 0.15) is 40.2 Å². The fraction of sp³-hybridized carbons (Fsp3) is 0.170. The molecule has 4 N–H and O–H groups in total. The van der Waals surface area contributed by atoms with Gasteiger partial charge in [-0.25, -0.2) is 24.0 Å². The first-order valence-electron chi connectivity index (χ1n) is 40.9. The van der Waals surface area contributed by atoms with Gasteiger partial charge in [-0.2, -0.15) is 0 Å². The lowest BCUT2D eigenvalue weighted by molar-refractivity contribution is -0.138. The fourth-order valence-corrected chi connectivity index (χ4v) is 11.6. The number of hydrogen-bond acceptors (Lipinski definition) is 18.